The number of hydrogen-bond donors (Lipinski definition) is 2. The van der Waals surface area contributed by atoms with E-state index < -0.39 is 29.7 Å². The molecule has 0 aliphatic carbocycles. The number of hydrogen-bond acceptors (Lipinski definition) is 9. The van der Waals surface area contributed by atoms with E-state index in [1.807, 2.05) is 6.92 Å². The highest BCUT2D eigenvalue weighted by molar-refractivity contribution is 6.24. The van der Waals surface area contributed by atoms with Crippen LogP contribution in [-0.2, 0) is 23.8 Å². The van der Waals surface area contributed by atoms with Crippen LogP contribution in [0.2, 0.25) is 0 Å². The van der Waals surface area contributed by atoms with Crippen LogP contribution in [0, 0.1) is 0 Å². The Morgan fingerprint density at radius 2 is 1.67 bits per heavy atom. The van der Waals surface area contributed by atoms with Gasteiger partial charge in [-0.2, -0.15) is 0 Å². The molecule has 1 fully saturated rings. The molecule has 4 amide bonds. The number of carbonyl (C=O) groups excluding carboxylic acids is 4. The predicted molar refractivity (Wildman–Crippen MR) is 115 cm³/mol. The molecule has 2 heterocycles. The van der Waals surface area contributed by atoms with Crippen molar-refractivity contribution in [2.75, 3.05) is 46.2 Å². The molecule has 1 aromatic carbocycles. The van der Waals surface area contributed by atoms with Gasteiger partial charge in [0.15, 0.2) is 0 Å². The Labute approximate surface area is 191 Å². The number of imide groups is 2. The highest BCUT2D eigenvalue weighted by Crippen LogP contribution is 2.33. The molecule has 0 bridgehead atoms. The summed E-state index contributed by atoms with van der Waals surface area (Å²) >= 11 is 0. The summed E-state index contributed by atoms with van der Waals surface area (Å²) in [6.07, 6.45) is 0.161. The zero-order chi connectivity index (χ0) is 23.8. The van der Waals surface area contributed by atoms with Crippen molar-refractivity contribution >= 4 is 23.6 Å². The van der Waals surface area contributed by atoms with Gasteiger partial charge in [0.25, 0.3) is 11.8 Å². The number of rotatable bonds is 13. The Hall–Kier alpha value is -2.86. The fraction of sp³-hybridized carbons (Fsp3) is 0.545. The summed E-state index contributed by atoms with van der Waals surface area (Å²) in [7, 11) is 0. The summed E-state index contributed by atoms with van der Waals surface area (Å²) in [5.74, 6) is -2.02. The first-order valence-electron chi connectivity index (χ1n) is 10.9. The maximum Gasteiger partial charge on any atom is 0.266 e. The molecule has 0 spiro atoms. The van der Waals surface area contributed by atoms with Crippen molar-refractivity contribution in [2.45, 2.75) is 31.8 Å². The van der Waals surface area contributed by atoms with Crippen molar-refractivity contribution in [3.63, 3.8) is 0 Å². The number of fused-ring (bicyclic) bond motifs is 1. The number of nitrogens with one attached hydrogen (secondary N) is 1. The summed E-state index contributed by atoms with van der Waals surface area (Å²) < 4.78 is 21.8. The van der Waals surface area contributed by atoms with Gasteiger partial charge in [-0.1, -0.05) is 6.07 Å². The molecule has 0 aromatic heterocycles. The van der Waals surface area contributed by atoms with Gasteiger partial charge in [-0.15, -0.1) is 0 Å². The lowest BCUT2D eigenvalue weighted by molar-refractivity contribution is -0.136. The van der Waals surface area contributed by atoms with Gasteiger partial charge in [0.1, 0.15) is 18.4 Å². The summed E-state index contributed by atoms with van der Waals surface area (Å²) in [6, 6.07) is 3.68. The lowest BCUT2D eigenvalue weighted by atomic mass is 10.0. The van der Waals surface area contributed by atoms with Gasteiger partial charge >= 0.3 is 0 Å². The molecule has 3 N–H and O–H groups in total. The van der Waals surface area contributed by atoms with E-state index in [4.69, 9.17) is 24.7 Å². The van der Waals surface area contributed by atoms with Crippen molar-refractivity contribution in [2.24, 2.45) is 5.73 Å². The molecule has 2 aliphatic heterocycles. The maximum absolute atomic E-state index is 13.0. The third-order valence-corrected chi connectivity index (χ3v) is 5.04. The number of benzene rings is 1. The minimum atomic E-state index is -1.02. The van der Waals surface area contributed by atoms with Crippen LogP contribution in [0.3, 0.4) is 0 Å². The van der Waals surface area contributed by atoms with Crippen LogP contribution in [-0.4, -0.2) is 86.9 Å². The van der Waals surface area contributed by atoms with Crippen LogP contribution in [0.5, 0.6) is 5.75 Å². The van der Waals surface area contributed by atoms with Crippen LogP contribution in [0.25, 0.3) is 0 Å². The van der Waals surface area contributed by atoms with Gasteiger partial charge in [-0.25, -0.2) is 0 Å². The predicted octanol–water partition coefficient (Wildman–Crippen LogP) is -0.136. The molecular weight excluding hydrogens is 434 g/mol. The number of nitrogens with zero attached hydrogens (tertiary/aromatic N) is 1. The second-order valence-corrected chi connectivity index (χ2v) is 7.75. The summed E-state index contributed by atoms with van der Waals surface area (Å²) in [4.78, 5) is 50.2. The van der Waals surface area contributed by atoms with E-state index in [1.165, 1.54) is 6.07 Å². The van der Waals surface area contributed by atoms with Gasteiger partial charge < -0.3 is 24.7 Å². The summed E-state index contributed by atoms with van der Waals surface area (Å²) in [6.45, 7) is 4.44. The third-order valence-electron chi connectivity index (χ3n) is 5.04. The lowest BCUT2D eigenvalue weighted by Gasteiger charge is -2.27. The molecule has 2 atom stereocenters. The first-order chi connectivity index (χ1) is 15.9. The number of nitrogens with two attached hydrogens (primary N) is 1. The van der Waals surface area contributed by atoms with Crippen LogP contribution in [0.15, 0.2) is 18.2 Å². The zero-order valence-electron chi connectivity index (χ0n) is 18.5. The standard InChI is InChI=1S/C22H29N3O8/c1-14(23)13-32-10-9-30-7-8-31-11-12-33-17-4-2-3-15-19(17)22(29)25(21(15)28)16-5-6-18(26)24-20(16)27/h2-4,14,16H,5-13,23H2,1H3,(H,24,26,27). The molecule has 180 valence electrons. The second-order valence-electron chi connectivity index (χ2n) is 7.75. The molecule has 1 aromatic rings. The van der Waals surface area contributed by atoms with E-state index >= 15 is 0 Å². The fourth-order valence-corrected chi connectivity index (χ4v) is 3.52. The van der Waals surface area contributed by atoms with Crippen molar-refractivity contribution in [1.82, 2.24) is 10.2 Å². The van der Waals surface area contributed by atoms with Gasteiger partial charge in [-0.05, 0) is 25.5 Å². The monoisotopic (exact) mass is 463 g/mol. The van der Waals surface area contributed by atoms with E-state index in [9.17, 15) is 19.2 Å². The first-order valence-corrected chi connectivity index (χ1v) is 10.9. The second kappa shape index (κ2) is 11.8. The largest absolute Gasteiger partial charge is 0.490 e. The Balaban J connectivity index is 1.43. The van der Waals surface area contributed by atoms with E-state index in [1.54, 1.807) is 12.1 Å². The van der Waals surface area contributed by atoms with Crippen molar-refractivity contribution in [1.29, 1.82) is 0 Å². The lowest BCUT2D eigenvalue weighted by Crippen LogP contribution is -2.54. The van der Waals surface area contributed by atoms with Crippen molar-refractivity contribution in [3.05, 3.63) is 29.3 Å². The number of amides is 4. The molecule has 0 radical (unpaired) electrons. The molecule has 11 heteroatoms. The Bertz CT molecular complexity index is 888. The molecule has 0 saturated carbocycles. The first kappa shape index (κ1) is 24.8. The normalized spacial score (nSPS) is 19.0. The van der Waals surface area contributed by atoms with Crippen LogP contribution >= 0.6 is 0 Å². The molecule has 11 nitrogen and oxygen atoms in total. The van der Waals surface area contributed by atoms with Crippen molar-refractivity contribution in [3.8, 4) is 5.75 Å². The topological polar surface area (TPSA) is 146 Å². The van der Waals surface area contributed by atoms with Crippen molar-refractivity contribution < 1.29 is 38.1 Å². The highest BCUT2D eigenvalue weighted by Gasteiger charge is 2.45. The van der Waals surface area contributed by atoms with E-state index in [2.05, 4.69) is 5.32 Å². The number of carbonyl (C=O) groups is 4. The molecular formula is C22H29N3O8. The maximum atomic E-state index is 13.0. The van der Waals surface area contributed by atoms with Crippen LogP contribution < -0.4 is 15.8 Å². The van der Waals surface area contributed by atoms with Gasteiger partial charge in [0.05, 0.1) is 50.8 Å². The van der Waals surface area contributed by atoms with Gasteiger partial charge in [0.2, 0.25) is 11.8 Å². The van der Waals surface area contributed by atoms with Crippen LogP contribution in [0.4, 0.5) is 0 Å². The third kappa shape index (κ3) is 6.35. The Kier molecular flexibility index (Phi) is 8.89. The SMILES string of the molecule is CC(N)COCCOCCOCCOc1cccc2c1C(=O)N(C1CCC(=O)NC1=O)C2=O. The molecule has 33 heavy (non-hydrogen) atoms. The Morgan fingerprint density at radius 3 is 2.33 bits per heavy atom. The Morgan fingerprint density at radius 1 is 1.00 bits per heavy atom. The highest BCUT2D eigenvalue weighted by atomic mass is 16.6. The number of ether oxygens (including phenoxy) is 4. The van der Waals surface area contributed by atoms with E-state index in [0.29, 0.717) is 33.0 Å². The average molecular weight is 463 g/mol. The molecule has 2 unspecified atom stereocenters. The zero-order valence-corrected chi connectivity index (χ0v) is 18.5. The minimum Gasteiger partial charge on any atom is -0.490 e. The van der Waals surface area contributed by atoms with Gasteiger partial charge in [0, 0.05) is 12.5 Å². The molecule has 2 aliphatic rings. The number of piperidine rings is 1. The molecule has 3 rings (SSSR count). The summed E-state index contributed by atoms with van der Waals surface area (Å²) in [5, 5.41) is 2.17. The van der Waals surface area contributed by atoms with E-state index in [0.717, 1.165) is 4.90 Å². The summed E-state index contributed by atoms with van der Waals surface area (Å²) in [5.41, 5.74) is 5.86. The van der Waals surface area contributed by atoms with Crippen LogP contribution in [0.1, 0.15) is 40.5 Å². The average Bonchev–Trinajstić information content (AvgIpc) is 3.03. The molecule has 1 saturated heterocycles. The van der Waals surface area contributed by atoms with E-state index in [-0.39, 0.29) is 49.0 Å². The fourth-order valence-electron chi connectivity index (χ4n) is 3.52. The van der Waals surface area contributed by atoms with Gasteiger partial charge in [-0.3, -0.25) is 29.4 Å². The minimum absolute atomic E-state index is 0.00639. The quantitative estimate of drug-likeness (QED) is 0.301. The smallest absolute Gasteiger partial charge is 0.266 e.